The molecule has 30 heavy (non-hydrogen) atoms. The second-order valence-electron chi connectivity index (χ2n) is 6.91. The van der Waals surface area contributed by atoms with Crippen LogP contribution in [0.15, 0.2) is 0 Å². The van der Waals surface area contributed by atoms with Gasteiger partial charge in [-0.1, -0.05) is 0 Å². The van der Waals surface area contributed by atoms with Crippen molar-refractivity contribution in [2.45, 2.75) is 61.2 Å². The van der Waals surface area contributed by atoms with E-state index in [4.69, 9.17) is 24.1 Å². The first-order valence-corrected chi connectivity index (χ1v) is 9.07. The molecule has 0 aromatic carbocycles. The second kappa shape index (κ2) is 10.7. The fourth-order valence-corrected chi connectivity index (χ4v) is 3.35. The minimum absolute atomic E-state index is 0.651. The van der Waals surface area contributed by atoms with E-state index >= 15 is 0 Å². The quantitative estimate of drug-likeness (QED) is 0.176. The molecule has 14 heteroatoms. The number of nitrogens with one attached hydrogen (secondary N) is 1. The van der Waals surface area contributed by atoms with E-state index < -0.39 is 92.9 Å². The number of carboxylic acid groups (broad SMARTS) is 1. The van der Waals surface area contributed by atoms with E-state index in [-0.39, 0.29) is 0 Å². The fraction of sp³-hybridized carbons (Fsp3) is 0.875. The summed E-state index contributed by atoms with van der Waals surface area (Å²) in [5, 5.41) is 69.9. The Morgan fingerprint density at radius 1 is 0.933 bits per heavy atom. The monoisotopic (exact) mass is 441 g/mol. The maximum atomic E-state index is 12.7. The molecule has 2 heterocycles. The van der Waals surface area contributed by atoms with Gasteiger partial charge in [0.05, 0.1) is 13.2 Å². The molecule has 2 aliphatic rings. The lowest BCUT2D eigenvalue weighted by atomic mass is 9.93. The van der Waals surface area contributed by atoms with Crippen LogP contribution in [0.2, 0.25) is 0 Å². The molecule has 0 spiro atoms. The Hall–Kier alpha value is -1.46. The third kappa shape index (κ3) is 5.23. The van der Waals surface area contributed by atoms with Gasteiger partial charge in [0.15, 0.2) is 12.4 Å². The molecule has 0 aliphatic carbocycles. The van der Waals surface area contributed by atoms with E-state index in [1.54, 1.807) is 0 Å². The van der Waals surface area contributed by atoms with Crippen molar-refractivity contribution in [3.63, 3.8) is 0 Å². The molecule has 1 amide bonds. The summed E-state index contributed by atoms with van der Waals surface area (Å²) < 4.78 is 20.8. The summed E-state index contributed by atoms with van der Waals surface area (Å²) in [5.41, 5.74) is 0. The number of carbonyl (C=O) groups is 2. The lowest BCUT2D eigenvalue weighted by Crippen LogP contribution is -2.68. The summed E-state index contributed by atoms with van der Waals surface area (Å²) in [6.45, 7) is -2.24. The van der Waals surface area contributed by atoms with Crippen LogP contribution < -0.4 is 5.32 Å². The zero-order valence-electron chi connectivity index (χ0n) is 16.0. The molecule has 0 unspecified atom stereocenters. The molecule has 8 N–H and O–H groups in total. The van der Waals surface area contributed by atoms with Crippen LogP contribution in [0.25, 0.3) is 0 Å². The number of aliphatic hydroxyl groups excluding tert-OH is 6. The van der Waals surface area contributed by atoms with Gasteiger partial charge in [0.1, 0.15) is 55.4 Å². The lowest BCUT2D eigenvalue weighted by Gasteiger charge is -2.45. The first-order valence-electron chi connectivity index (χ1n) is 9.07. The molecule has 174 valence electrons. The van der Waals surface area contributed by atoms with Gasteiger partial charge in [-0.3, -0.25) is 4.79 Å². The van der Waals surface area contributed by atoms with Gasteiger partial charge < -0.3 is 60.0 Å². The normalized spacial score (nSPS) is 42.0. The van der Waals surface area contributed by atoms with Crippen molar-refractivity contribution in [1.29, 1.82) is 0 Å². The van der Waals surface area contributed by atoms with Crippen LogP contribution in [-0.2, 0) is 28.5 Å². The van der Waals surface area contributed by atoms with Crippen molar-refractivity contribution in [3.8, 4) is 0 Å². The maximum Gasteiger partial charge on any atom is 0.329 e. The molecule has 0 bridgehead atoms. The van der Waals surface area contributed by atoms with Gasteiger partial charge in [0.25, 0.3) is 5.91 Å². The Kier molecular flexibility index (Phi) is 8.86. The molecule has 0 aromatic heterocycles. The van der Waals surface area contributed by atoms with Crippen molar-refractivity contribution < 1.29 is 64.3 Å². The van der Waals surface area contributed by atoms with Gasteiger partial charge in [0, 0.05) is 7.11 Å². The maximum absolute atomic E-state index is 12.7. The fourth-order valence-electron chi connectivity index (χ4n) is 3.35. The van der Waals surface area contributed by atoms with Crippen molar-refractivity contribution in [3.05, 3.63) is 0 Å². The standard InChI is InChI=1S/C16H27NO13/c1-27-16-8(13(28-4-7(20)21)10(23)6(3-19)30-16)17-15(26)14-12(25)11(24)9(22)5(2-18)29-14/h5-6,8-14,16,18-19,22-25H,2-4H2,1H3,(H,17,26)(H,20,21)/t5-,6-,8+,9-,10+,11+,12+,13-,14+,16-/m1/s1. The van der Waals surface area contributed by atoms with Crippen LogP contribution in [-0.4, -0.2) is 136 Å². The van der Waals surface area contributed by atoms with Crippen LogP contribution in [0.1, 0.15) is 0 Å². The van der Waals surface area contributed by atoms with Crippen molar-refractivity contribution in [2.75, 3.05) is 26.9 Å². The molecule has 2 saturated heterocycles. The number of carbonyl (C=O) groups excluding carboxylic acids is 1. The molecule has 2 aliphatic heterocycles. The van der Waals surface area contributed by atoms with Gasteiger partial charge in [-0.05, 0) is 0 Å². The van der Waals surface area contributed by atoms with Crippen LogP contribution in [0, 0.1) is 0 Å². The second-order valence-corrected chi connectivity index (χ2v) is 6.91. The summed E-state index contributed by atoms with van der Waals surface area (Å²) in [6.07, 6.45) is -13.8. The van der Waals surface area contributed by atoms with Gasteiger partial charge in [0.2, 0.25) is 0 Å². The van der Waals surface area contributed by atoms with E-state index in [9.17, 15) is 40.2 Å². The zero-order chi connectivity index (χ0) is 22.6. The van der Waals surface area contributed by atoms with Crippen LogP contribution >= 0.6 is 0 Å². The van der Waals surface area contributed by atoms with E-state index in [0.717, 1.165) is 0 Å². The lowest BCUT2D eigenvalue weighted by molar-refractivity contribution is -0.271. The minimum Gasteiger partial charge on any atom is -0.480 e. The van der Waals surface area contributed by atoms with E-state index in [1.165, 1.54) is 7.11 Å². The number of hydrogen-bond donors (Lipinski definition) is 8. The molecule has 14 nitrogen and oxygen atoms in total. The average molecular weight is 441 g/mol. The predicted octanol–water partition coefficient (Wildman–Crippen LogP) is -5.49. The number of methoxy groups -OCH3 is 1. The summed E-state index contributed by atoms with van der Waals surface area (Å²) in [7, 11) is 1.19. The first-order chi connectivity index (χ1) is 14.2. The van der Waals surface area contributed by atoms with Gasteiger partial charge in [-0.15, -0.1) is 0 Å². The molecule has 2 rings (SSSR count). The highest BCUT2D eigenvalue weighted by molar-refractivity contribution is 5.82. The van der Waals surface area contributed by atoms with Crippen molar-refractivity contribution >= 4 is 11.9 Å². The highest BCUT2D eigenvalue weighted by Crippen LogP contribution is 2.26. The number of aliphatic hydroxyl groups is 6. The molecule has 2 fully saturated rings. The Morgan fingerprint density at radius 2 is 1.53 bits per heavy atom. The van der Waals surface area contributed by atoms with Gasteiger partial charge in [-0.2, -0.15) is 0 Å². The number of ether oxygens (including phenoxy) is 4. The molecular formula is C16H27NO13. The SMILES string of the molecule is CO[C@@H]1O[C@H](CO)[C@H](O)[C@H](OCC(=O)O)[C@@H]1NC(=O)[C@H]1O[C@H](CO)[C@@H](O)[C@H](O)[C@@H]1O. The van der Waals surface area contributed by atoms with Gasteiger partial charge in [-0.25, -0.2) is 4.79 Å². The molecule has 0 aromatic rings. The topological polar surface area (TPSA) is 225 Å². The zero-order valence-corrected chi connectivity index (χ0v) is 16.0. The summed E-state index contributed by atoms with van der Waals surface area (Å²) in [4.78, 5) is 23.6. The summed E-state index contributed by atoms with van der Waals surface area (Å²) in [5.74, 6) is -2.40. The van der Waals surface area contributed by atoms with Crippen LogP contribution in [0.5, 0.6) is 0 Å². The smallest absolute Gasteiger partial charge is 0.329 e. The number of rotatable bonds is 8. The third-order valence-electron chi connectivity index (χ3n) is 4.94. The number of hydrogen-bond acceptors (Lipinski definition) is 12. The number of amides is 1. The van der Waals surface area contributed by atoms with E-state index in [1.807, 2.05) is 0 Å². The van der Waals surface area contributed by atoms with Crippen LogP contribution in [0.4, 0.5) is 0 Å². The van der Waals surface area contributed by atoms with Crippen molar-refractivity contribution in [1.82, 2.24) is 5.32 Å². The Labute approximate surface area is 170 Å². The van der Waals surface area contributed by atoms with Gasteiger partial charge >= 0.3 is 5.97 Å². The van der Waals surface area contributed by atoms with E-state index in [0.29, 0.717) is 0 Å². The number of aliphatic carboxylic acids is 1. The predicted molar refractivity (Wildman–Crippen MR) is 91.8 cm³/mol. The van der Waals surface area contributed by atoms with Crippen molar-refractivity contribution in [2.24, 2.45) is 0 Å². The highest BCUT2D eigenvalue weighted by atomic mass is 16.7. The molecular weight excluding hydrogens is 414 g/mol. The Morgan fingerprint density at radius 3 is 2.07 bits per heavy atom. The largest absolute Gasteiger partial charge is 0.480 e. The molecule has 0 saturated carbocycles. The Balaban J connectivity index is 2.22. The average Bonchev–Trinajstić information content (AvgIpc) is 2.71. The third-order valence-corrected chi connectivity index (χ3v) is 4.94. The molecule has 0 radical (unpaired) electrons. The summed E-state index contributed by atoms with van der Waals surface area (Å²) >= 11 is 0. The van der Waals surface area contributed by atoms with E-state index in [2.05, 4.69) is 5.32 Å². The first kappa shape index (κ1) is 24.8. The summed E-state index contributed by atoms with van der Waals surface area (Å²) in [6, 6.07) is -1.31. The van der Waals surface area contributed by atoms with Crippen LogP contribution in [0.3, 0.4) is 0 Å². The Bertz CT molecular complexity index is 589. The highest BCUT2D eigenvalue weighted by Gasteiger charge is 2.50. The number of carboxylic acids is 1. The minimum atomic E-state index is -1.86. The molecule has 10 atom stereocenters.